The number of carbonyl (C=O) groups excluding carboxylic acids is 1. The third-order valence-corrected chi connectivity index (χ3v) is 3.30. The summed E-state index contributed by atoms with van der Waals surface area (Å²) >= 11 is 0. The van der Waals surface area contributed by atoms with E-state index < -0.39 is 0 Å². The van der Waals surface area contributed by atoms with E-state index in [0.29, 0.717) is 11.8 Å². The van der Waals surface area contributed by atoms with E-state index in [1.54, 1.807) is 0 Å². The summed E-state index contributed by atoms with van der Waals surface area (Å²) in [5.41, 5.74) is 0. The fourth-order valence-corrected chi connectivity index (χ4v) is 2.34. The Morgan fingerprint density at radius 2 is 1.71 bits per heavy atom. The SMILES string of the molecule is CCN(CC)C(=O)CC1CCCCC1. The molecule has 0 aromatic carbocycles. The monoisotopic (exact) mass is 197 g/mol. The standard InChI is InChI=1S/C12H23NO/c1-3-13(4-2)12(14)10-11-8-6-5-7-9-11/h11H,3-10H2,1-2H3. The van der Waals surface area contributed by atoms with Crippen LogP contribution in [0, 0.1) is 5.92 Å². The molecular formula is C12H23NO. The Bertz CT molecular complexity index is 169. The minimum atomic E-state index is 0.363. The van der Waals surface area contributed by atoms with E-state index >= 15 is 0 Å². The van der Waals surface area contributed by atoms with Crippen molar-refractivity contribution in [3.05, 3.63) is 0 Å². The maximum absolute atomic E-state index is 11.8. The van der Waals surface area contributed by atoms with Gasteiger partial charge in [0.2, 0.25) is 5.91 Å². The lowest BCUT2D eigenvalue weighted by molar-refractivity contribution is -0.132. The van der Waals surface area contributed by atoms with Crippen molar-refractivity contribution in [3.63, 3.8) is 0 Å². The predicted octanol–water partition coefficient (Wildman–Crippen LogP) is 2.83. The van der Waals surface area contributed by atoms with Crippen molar-refractivity contribution in [1.82, 2.24) is 4.90 Å². The fourth-order valence-electron chi connectivity index (χ4n) is 2.34. The van der Waals surface area contributed by atoms with Crippen LogP contribution in [0.5, 0.6) is 0 Å². The number of carbonyl (C=O) groups is 1. The van der Waals surface area contributed by atoms with Gasteiger partial charge in [-0.2, -0.15) is 0 Å². The molecule has 0 unspecified atom stereocenters. The normalized spacial score (nSPS) is 18.1. The summed E-state index contributed by atoms with van der Waals surface area (Å²) in [5, 5.41) is 0. The van der Waals surface area contributed by atoms with Gasteiger partial charge in [0.1, 0.15) is 0 Å². The Kier molecular flexibility index (Phi) is 4.99. The largest absolute Gasteiger partial charge is 0.343 e. The minimum Gasteiger partial charge on any atom is -0.343 e. The number of hydrogen-bond acceptors (Lipinski definition) is 1. The molecule has 0 bridgehead atoms. The van der Waals surface area contributed by atoms with Gasteiger partial charge >= 0.3 is 0 Å². The van der Waals surface area contributed by atoms with Crippen molar-refractivity contribution in [3.8, 4) is 0 Å². The minimum absolute atomic E-state index is 0.363. The lowest BCUT2D eigenvalue weighted by Crippen LogP contribution is -2.32. The lowest BCUT2D eigenvalue weighted by Gasteiger charge is -2.25. The van der Waals surface area contributed by atoms with Crippen LogP contribution in [0.15, 0.2) is 0 Å². The van der Waals surface area contributed by atoms with E-state index in [2.05, 4.69) is 13.8 Å². The van der Waals surface area contributed by atoms with E-state index in [-0.39, 0.29) is 0 Å². The zero-order chi connectivity index (χ0) is 10.4. The summed E-state index contributed by atoms with van der Waals surface area (Å²) in [5.74, 6) is 1.04. The molecule has 0 aliphatic heterocycles. The maximum Gasteiger partial charge on any atom is 0.222 e. The highest BCUT2D eigenvalue weighted by Gasteiger charge is 2.19. The Morgan fingerprint density at radius 1 is 1.14 bits per heavy atom. The second-order valence-corrected chi connectivity index (χ2v) is 4.27. The Labute approximate surface area is 87.7 Å². The predicted molar refractivity (Wildman–Crippen MR) is 59.1 cm³/mol. The third kappa shape index (κ3) is 3.32. The zero-order valence-corrected chi connectivity index (χ0v) is 9.59. The smallest absolute Gasteiger partial charge is 0.222 e. The summed E-state index contributed by atoms with van der Waals surface area (Å²) in [6, 6.07) is 0. The van der Waals surface area contributed by atoms with Crippen molar-refractivity contribution >= 4 is 5.91 Å². The molecular weight excluding hydrogens is 174 g/mol. The van der Waals surface area contributed by atoms with E-state index in [4.69, 9.17) is 0 Å². The first-order chi connectivity index (χ1) is 6.77. The molecule has 1 saturated carbocycles. The average molecular weight is 197 g/mol. The first kappa shape index (κ1) is 11.5. The van der Waals surface area contributed by atoms with Gasteiger partial charge in [0.25, 0.3) is 0 Å². The molecule has 0 spiro atoms. The van der Waals surface area contributed by atoms with Gasteiger partial charge in [-0.15, -0.1) is 0 Å². The van der Waals surface area contributed by atoms with Crippen LogP contribution in [0.1, 0.15) is 52.4 Å². The van der Waals surface area contributed by atoms with Crippen molar-refractivity contribution < 1.29 is 4.79 Å². The average Bonchev–Trinajstić information content (AvgIpc) is 2.21. The second kappa shape index (κ2) is 6.05. The number of hydrogen-bond donors (Lipinski definition) is 0. The fraction of sp³-hybridized carbons (Fsp3) is 0.917. The topological polar surface area (TPSA) is 20.3 Å². The summed E-state index contributed by atoms with van der Waals surface area (Å²) in [6.45, 7) is 5.84. The van der Waals surface area contributed by atoms with Crippen LogP contribution in [0.4, 0.5) is 0 Å². The van der Waals surface area contributed by atoms with E-state index in [9.17, 15) is 4.79 Å². The van der Waals surface area contributed by atoms with Crippen molar-refractivity contribution in [2.75, 3.05) is 13.1 Å². The molecule has 0 aromatic heterocycles. The molecule has 0 radical (unpaired) electrons. The van der Waals surface area contributed by atoms with Crippen LogP contribution in [-0.2, 0) is 4.79 Å². The maximum atomic E-state index is 11.8. The van der Waals surface area contributed by atoms with Gasteiger partial charge in [0.15, 0.2) is 0 Å². The number of amides is 1. The highest BCUT2D eigenvalue weighted by molar-refractivity contribution is 5.76. The van der Waals surface area contributed by atoms with Crippen LogP contribution in [0.25, 0.3) is 0 Å². The Morgan fingerprint density at radius 3 is 2.21 bits per heavy atom. The molecule has 0 saturated heterocycles. The highest BCUT2D eigenvalue weighted by Crippen LogP contribution is 2.26. The molecule has 1 aliphatic carbocycles. The van der Waals surface area contributed by atoms with Crippen molar-refractivity contribution in [2.45, 2.75) is 52.4 Å². The molecule has 0 atom stereocenters. The summed E-state index contributed by atoms with van der Waals surface area (Å²) < 4.78 is 0. The van der Waals surface area contributed by atoms with Crippen LogP contribution in [-0.4, -0.2) is 23.9 Å². The highest BCUT2D eigenvalue weighted by atomic mass is 16.2. The first-order valence-corrected chi connectivity index (χ1v) is 6.05. The molecule has 1 aliphatic rings. The van der Waals surface area contributed by atoms with Crippen molar-refractivity contribution in [1.29, 1.82) is 0 Å². The molecule has 1 fully saturated rings. The van der Waals surface area contributed by atoms with E-state index in [0.717, 1.165) is 19.5 Å². The Hall–Kier alpha value is -0.530. The van der Waals surface area contributed by atoms with Gasteiger partial charge in [0, 0.05) is 19.5 Å². The van der Waals surface area contributed by atoms with Crippen LogP contribution in [0.3, 0.4) is 0 Å². The molecule has 2 nitrogen and oxygen atoms in total. The van der Waals surface area contributed by atoms with Crippen LogP contribution < -0.4 is 0 Å². The molecule has 82 valence electrons. The molecule has 0 N–H and O–H groups in total. The molecule has 0 heterocycles. The van der Waals surface area contributed by atoms with Gasteiger partial charge in [-0.05, 0) is 32.6 Å². The molecule has 1 rings (SSSR count). The zero-order valence-electron chi connectivity index (χ0n) is 9.59. The van der Waals surface area contributed by atoms with Gasteiger partial charge < -0.3 is 4.90 Å². The lowest BCUT2D eigenvalue weighted by atomic mass is 9.86. The Balaban J connectivity index is 2.30. The van der Waals surface area contributed by atoms with E-state index in [1.165, 1.54) is 32.1 Å². The van der Waals surface area contributed by atoms with Crippen LogP contribution in [0.2, 0.25) is 0 Å². The van der Waals surface area contributed by atoms with Gasteiger partial charge in [-0.3, -0.25) is 4.79 Å². The van der Waals surface area contributed by atoms with E-state index in [1.807, 2.05) is 4.90 Å². The first-order valence-electron chi connectivity index (χ1n) is 6.05. The molecule has 2 heteroatoms. The number of nitrogens with zero attached hydrogens (tertiary/aromatic N) is 1. The van der Waals surface area contributed by atoms with Gasteiger partial charge in [-0.1, -0.05) is 19.3 Å². The quantitative estimate of drug-likeness (QED) is 0.678. The molecule has 1 amide bonds. The number of rotatable bonds is 4. The summed E-state index contributed by atoms with van der Waals surface area (Å²) in [4.78, 5) is 13.8. The molecule has 0 aromatic rings. The second-order valence-electron chi connectivity index (χ2n) is 4.27. The van der Waals surface area contributed by atoms with Gasteiger partial charge in [0.05, 0.1) is 0 Å². The van der Waals surface area contributed by atoms with Crippen molar-refractivity contribution in [2.24, 2.45) is 5.92 Å². The summed E-state index contributed by atoms with van der Waals surface area (Å²) in [7, 11) is 0. The van der Waals surface area contributed by atoms with Crippen LogP contribution >= 0.6 is 0 Å². The third-order valence-electron chi connectivity index (χ3n) is 3.30. The van der Waals surface area contributed by atoms with Gasteiger partial charge in [-0.25, -0.2) is 0 Å². The molecule has 14 heavy (non-hydrogen) atoms. The summed E-state index contributed by atoms with van der Waals surface area (Å²) in [6.07, 6.45) is 7.37.